The minimum atomic E-state index is -0.572. The first-order valence-corrected chi connectivity index (χ1v) is 16.5. The van der Waals surface area contributed by atoms with Crippen molar-refractivity contribution < 1.29 is 14.3 Å². The van der Waals surface area contributed by atoms with Crippen LogP contribution < -0.4 is 19.6 Å². The molecule has 0 radical (unpaired) electrons. The summed E-state index contributed by atoms with van der Waals surface area (Å²) in [5, 5.41) is 1.94. The van der Waals surface area contributed by atoms with Crippen molar-refractivity contribution in [2.45, 2.75) is 26.5 Å². The van der Waals surface area contributed by atoms with Crippen LogP contribution in [0.1, 0.15) is 35.9 Å². The molecule has 6 nitrogen and oxygen atoms in total. The fourth-order valence-corrected chi connectivity index (χ4v) is 8.46. The number of esters is 1. The summed E-state index contributed by atoms with van der Waals surface area (Å²) in [4.78, 5) is 32.8. The van der Waals surface area contributed by atoms with E-state index in [1.54, 1.807) is 18.4 Å². The lowest BCUT2D eigenvalue weighted by Crippen LogP contribution is -2.39. The molecule has 0 saturated carbocycles. The molecule has 1 aliphatic rings. The van der Waals surface area contributed by atoms with E-state index in [2.05, 4.69) is 66.1 Å². The summed E-state index contributed by atoms with van der Waals surface area (Å²) >= 11 is 10.8. The van der Waals surface area contributed by atoms with Gasteiger partial charge in [-0.2, -0.15) is 0 Å². The van der Waals surface area contributed by atoms with Crippen LogP contribution in [0.25, 0.3) is 6.08 Å². The van der Waals surface area contributed by atoms with E-state index < -0.39 is 12.0 Å². The zero-order valence-electron chi connectivity index (χ0n) is 20.7. The molecule has 11 heteroatoms. The van der Waals surface area contributed by atoms with E-state index in [9.17, 15) is 9.59 Å². The van der Waals surface area contributed by atoms with Gasteiger partial charge in [0.25, 0.3) is 5.56 Å². The molecule has 0 fully saturated rings. The average Bonchev–Trinajstić information content (AvgIpc) is 3.52. The molecule has 0 spiro atoms. The minimum Gasteiger partial charge on any atom is -0.487 e. The highest BCUT2D eigenvalue weighted by molar-refractivity contribution is 14.1. The van der Waals surface area contributed by atoms with E-state index in [0.29, 0.717) is 27.2 Å². The highest BCUT2D eigenvalue weighted by Crippen LogP contribution is 2.33. The minimum absolute atomic E-state index is 0.188. The van der Waals surface area contributed by atoms with Crippen molar-refractivity contribution in [1.29, 1.82) is 0 Å². The first-order valence-electron chi connectivity index (χ1n) is 11.9. The molecule has 0 aliphatic carbocycles. The van der Waals surface area contributed by atoms with Crippen molar-refractivity contribution in [2.24, 2.45) is 4.99 Å². The summed E-state index contributed by atoms with van der Waals surface area (Å²) in [6, 6.07) is 15.3. The van der Waals surface area contributed by atoms with Crippen LogP contribution in [0.5, 0.6) is 5.75 Å². The molecule has 0 bridgehead atoms. The van der Waals surface area contributed by atoms with Crippen molar-refractivity contribution in [3.05, 3.63) is 112 Å². The van der Waals surface area contributed by atoms with Crippen molar-refractivity contribution in [1.82, 2.24) is 4.57 Å². The number of fused-ring (bicyclic) bond motifs is 1. The smallest absolute Gasteiger partial charge is 0.338 e. The molecule has 1 aliphatic heterocycles. The predicted molar refractivity (Wildman–Crippen MR) is 175 cm³/mol. The number of ether oxygens (including phenoxy) is 2. The Morgan fingerprint density at radius 2 is 1.90 bits per heavy atom. The van der Waals surface area contributed by atoms with E-state index in [1.165, 1.54) is 22.7 Å². The van der Waals surface area contributed by atoms with Crippen LogP contribution in [0.3, 0.4) is 0 Å². The van der Waals surface area contributed by atoms with Crippen molar-refractivity contribution in [3.63, 3.8) is 0 Å². The number of hydrogen-bond donors (Lipinski definition) is 0. The van der Waals surface area contributed by atoms with Gasteiger partial charge in [0, 0.05) is 9.35 Å². The van der Waals surface area contributed by atoms with Crippen molar-refractivity contribution in [3.8, 4) is 5.75 Å². The molecule has 1 atom stereocenters. The molecule has 4 aromatic rings. The highest BCUT2D eigenvalue weighted by Gasteiger charge is 2.33. The van der Waals surface area contributed by atoms with Gasteiger partial charge >= 0.3 is 5.97 Å². The quantitative estimate of drug-likeness (QED) is 0.160. The number of rotatable bonds is 7. The van der Waals surface area contributed by atoms with Gasteiger partial charge < -0.3 is 9.47 Å². The van der Waals surface area contributed by atoms with E-state index in [1.807, 2.05) is 60.0 Å². The monoisotopic (exact) mass is 846 g/mol. The standard InChI is InChI=1S/C28H21BrI2N2O4S2/c1-3-36-27(35)23-15(2)32-28-33(24(23)21-5-4-10-38-21)26(34)22(39-28)13-17-11-19(30)25(20(31)12-17)37-14-16-6-8-18(29)9-7-16/h4-13,24H,3,14H2,1-2H3/b22-13-/t24-/m0/s1. The molecule has 2 aromatic carbocycles. The molecule has 0 amide bonds. The maximum atomic E-state index is 13.8. The summed E-state index contributed by atoms with van der Waals surface area (Å²) in [5.74, 6) is 0.361. The number of halogens is 3. The molecule has 3 heterocycles. The van der Waals surface area contributed by atoms with Crippen LogP contribution in [-0.4, -0.2) is 17.1 Å². The largest absolute Gasteiger partial charge is 0.487 e. The summed E-state index contributed by atoms with van der Waals surface area (Å²) < 4.78 is 16.6. The lowest BCUT2D eigenvalue weighted by molar-refractivity contribution is -0.139. The normalized spacial score (nSPS) is 15.2. The van der Waals surface area contributed by atoms with Crippen molar-refractivity contribution in [2.75, 3.05) is 6.61 Å². The van der Waals surface area contributed by atoms with Gasteiger partial charge in [-0.05, 0) is 112 Å². The molecule has 200 valence electrons. The number of nitrogens with zero attached hydrogens (tertiary/aromatic N) is 2. The van der Waals surface area contributed by atoms with E-state index >= 15 is 0 Å². The Kier molecular flexibility index (Phi) is 9.11. The number of thiazole rings is 1. The molecular weight excluding hydrogens is 826 g/mol. The van der Waals surface area contributed by atoms with Gasteiger partial charge in [0.15, 0.2) is 4.80 Å². The summed E-state index contributed by atoms with van der Waals surface area (Å²) in [5.41, 5.74) is 2.74. The lowest BCUT2D eigenvalue weighted by Gasteiger charge is -2.23. The van der Waals surface area contributed by atoms with E-state index in [-0.39, 0.29) is 12.2 Å². The fourth-order valence-electron chi connectivity index (χ4n) is 4.20. The summed E-state index contributed by atoms with van der Waals surface area (Å²) in [6.07, 6.45) is 1.88. The lowest BCUT2D eigenvalue weighted by atomic mass is 10.0. The molecule has 39 heavy (non-hydrogen) atoms. The number of carbonyl (C=O) groups is 1. The second-order valence-corrected chi connectivity index (χ2v) is 13.8. The average molecular weight is 847 g/mol. The third kappa shape index (κ3) is 6.11. The second kappa shape index (κ2) is 12.4. The van der Waals surface area contributed by atoms with Gasteiger partial charge in [0.2, 0.25) is 0 Å². The second-order valence-electron chi connectivity index (χ2n) is 8.55. The van der Waals surface area contributed by atoms with Crippen LogP contribution in [0.2, 0.25) is 0 Å². The van der Waals surface area contributed by atoms with Gasteiger partial charge in [-0.3, -0.25) is 9.36 Å². The number of benzene rings is 2. The molecule has 0 saturated heterocycles. The molecule has 0 unspecified atom stereocenters. The number of allylic oxidation sites excluding steroid dienone is 1. The van der Waals surface area contributed by atoms with Crippen LogP contribution in [0, 0.1) is 7.14 Å². The van der Waals surface area contributed by atoms with Gasteiger partial charge in [0.05, 0.1) is 29.5 Å². The molecule has 2 aromatic heterocycles. The highest BCUT2D eigenvalue weighted by atomic mass is 127. The topological polar surface area (TPSA) is 69.9 Å². The Bertz CT molecular complexity index is 1740. The molecule has 5 rings (SSSR count). The van der Waals surface area contributed by atoms with Crippen molar-refractivity contribution >= 4 is 95.8 Å². The van der Waals surface area contributed by atoms with Crippen LogP contribution in [0.15, 0.2) is 79.4 Å². The molecular formula is C28H21BrI2N2O4S2. The Morgan fingerprint density at radius 1 is 1.18 bits per heavy atom. The predicted octanol–water partition coefficient (Wildman–Crippen LogP) is 6.41. The number of carbonyl (C=O) groups excluding carboxylic acids is 1. The third-order valence-corrected chi connectivity index (χ3v) is 9.98. The third-order valence-electron chi connectivity index (χ3n) is 5.94. The SMILES string of the molecule is CCOC(=O)C1=C(C)N=c2s/c(=C\c3cc(I)c(OCc4ccc(Br)cc4)c(I)c3)c(=O)n2[C@H]1c1cccs1. The zero-order valence-corrected chi connectivity index (χ0v) is 28.3. The maximum Gasteiger partial charge on any atom is 0.338 e. The Morgan fingerprint density at radius 3 is 2.54 bits per heavy atom. The Hall–Kier alpha value is -1.81. The zero-order chi connectivity index (χ0) is 27.7. The number of hydrogen-bond acceptors (Lipinski definition) is 7. The van der Waals surface area contributed by atoms with Crippen LogP contribution in [0.4, 0.5) is 0 Å². The van der Waals surface area contributed by atoms with Gasteiger partial charge in [0.1, 0.15) is 18.4 Å². The first kappa shape index (κ1) is 28.7. The van der Waals surface area contributed by atoms with Gasteiger partial charge in [-0.25, -0.2) is 9.79 Å². The fraction of sp³-hybridized carbons (Fsp3) is 0.179. The Balaban J connectivity index is 1.52. The molecule has 0 N–H and O–H groups in total. The Labute approximate surface area is 268 Å². The summed E-state index contributed by atoms with van der Waals surface area (Å²) in [7, 11) is 0. The van der Waals surface area contributed by atoms with Gasteiger partial charge in [-0.1, -0.05) is 45.5 Å². The van der Waals surface area contributed by atoms with Gasteiger partial charge in [-0.15, -0.1) is 11.3 Å². The summed E-state index contributed by atoms with van der Waals surface area (Å²) in [6.45, 7) is 4.27. The van der Waals surface area contributed by atoms with Crippen LogP contribution >= 0.6 is 83.8 Å². The maximum absolute atomic E-state index is 13.8. The van der Waals surface area contributed by atoms with E-state index in [4.69, 9.17) is 9.47 Å². The first-order chi connectivity index (χ1) is 18.8. The van der Waals surface area contributed by atoms with Crippen LogP contribution in [-0.2, 0) is 16.1 Å². The van der Waals surface area contributed by atoms with E-state index in [0.717, 1.165) is 33.4 Å². The number of aromatic nitrogens is 1. The number of thiophene rings is 1.